The number of piperazine rings is 1. The van der Waals surface area contributed by atoms with Gasteiger partial charge in [-0.1, -0.05) is 30.3 Å². The molecule has 9 heteroatoms. The van der Waals surface area contributed by atoms with Gasteiger partial charge in [-0.15, -0.1) is 13.2 Å². The van der Waals surface area contributed by atoms with Gasteiger partial charge in [0, 0.05) is 44.8 Å². The van der Waals surface area contributed by atoms with Gasteiger partial charge >= 0.3 is 6.36 Å². The van der Waals surface area contributed by atoms with E-state index in [-0.39, 0.29) is 23.2 Å². The van der Waals surface area contributed by atoms with Gasteiger partial charge in [0.25, 0.3) is 5.91 Å². The van der Waals surface area contributed by atoms with Crippen molar-refractivity contribution in [3.8, 4) is 5.75 Å². The highest BCUT2D eigenvalue weighted by Crippen LogP contribution is 2.37. The van der Waals surface area contributed by atoms with Gasteiger partial charge in [-0.05, 0) is 29.8 Å². The Labute approximate surface area is 190 Å². The number of likely N-dealkylation sites (tertiary alicyclic amines) is 1. The number of rotatable bonds is 4. The normalized spacial score (nSPS) is 23.1. The Morgan fingerprint density at radius 3 is 2.48 bits per heavy atom. The van der Waals surface area contributed by atoms with Crippen LogP contribution in [0.3, 0.4) is 0 Å². The highest BCUT2D eigenvalue weighted by Gasteiger charge is 2.54. The molecule has 0 aromatic heterocycles. The monoisotopic (exact) mass is 461 g/mol. The maximum Gasteiger partial charge on any atom is 0.573 e. The Morgan fingerprint density at radius 2 is 1.79 bits per heavy atom. The van der Waals surface area contributed by atoms with E-state index in [1.165, 1.54) is 12.1 Å². The first-order valence-electron chi connectivity index (χ1n) is 11.1. The Hall–Kier alpha value is -2.62. The first kappa shape index (κ1) is 22.2. The SMILES string of the molecule is O=C(c1ccccc1)N1CC2COCCN2C2(CN(Cc3ccc(OC(F)(F)F)cc3)C2)C1. The lowest BCUT2D eigenvalue weighted by Crippen LogP contribution is -2.80. The summed E-state index contributed by atoms with van der Waals surface area (Å²) in [7, 11) is 0. The van der Waals surface area contributed by atoms with Crippen molar-refractivity contribution in [3.63, 3.8) is 0 Å². The number of nitrogens with zero attached hydrogens (tertiary/aromatic N) is 3. The third-order valence-electron chi connectivity index (χ3n) is 6.66. The second-order valence-electron chi connectivity index (χ2n) is 9.04. The summed E-state index contributed by atoms with van der Waals surface area (Å²) in [6.45, 7) is 5.67. The molecule has 33 heavy (non-hydrogen) atoms. The van der Waals surface area contributed by atoms with Crippen LogP contribution < -0.4 is 4.74 Å². The van der Waals surface area contributed by atoms with Crippen LogP contribution >= 0.6 is 0 Å². The zero-order valence-corrected chi connectivity index (χ0v) is 18.1. The molecular formula is C24H26F3N3O3. The van der Waals surface area contributed by atoms with Gasteiger partial charge in [0.1, 0.15) is 5.75 Å². The van der Waals surface area contributed by atoms with Crippen LogP contribution in [0.4, 0.5) is 13.2 Å². The molecule has 0 aliphatic carbocycles. The molecule has 3 aliphatic rings. The zero-order chi connectivity index (χ0) is 23.1. The standard InChI is InChI=1S/C24H26F3N3O3/c25-24(26,27)33-21-8-6-18(7-9-21)12-28-15-23(16-28)17-29(13-20-14-32-11-10-30(20)23)22(31)19-4-2-1-3-5-19/h1-9,20H,10-17H2. The van der Waals surface area contributed by atoms with E-state index >= 15 is 0 Å². The van der Waals surface area contributed by atoms with Crippen molar-refractivity contribution in [1.29, 1.82) is 0 Å². The summed E-state index contributed by atoms with van der Waals surface area (Å²) in [6, 6.07) is 15.5. The number of alkyl halides is 3. The van der Waals surface area contributed by atoms with Crippen molar-refractivity contribution in [3.05, 3.63) is 65.7 Å². The summed E-state index contributed by atoms with van der Waals surface area (Å²) in [5, 5.41) is 0. The van der Waals surface area contributed by atoms with E-state index in [2.05, 4.69) is 14.5 Å². The van der Waals surface area contributed by atoms with Crippen molar-refractivity contribution in [1.82, 2.24) is 14.7 Å². The summed E-state index contributed by atoms with van der Waals surface area (Å²) in [4.78, 5) is 19.9. The molecule has 1 spiro atoms. The Kier molecular flexibility index (Phi) is 5.80. The number of halogens is 3. The summed E-state index contributed by atoms with van der Waals surface area (Å²) >= 11 is 0. The molecule has 1 amide bonds. The van der Waals surface area contributed by atoms with E-state index in [0.29, 0.717) is 38.4 Å². The Balaban J connectivity index is 1.26. The molecule has 3 heterocycles. The number of carbonyl (C=O) groups excluding carboxylic acids is 1. The lowest BCUT2D eigenvalue weighted by Gasteiger charge is -2.63. The molecule has 2 aromatic rings. The van der Waals surface area contributed by atoms with Crippen LogP contribution in [0.25, 0.3) is 0 Å². The zero-order valence-electron chi connectivity index (χ0n) is 18.1. The van der Waals surface area contributed by atoms with Gasteiger partial charge in [-0.25, -0.2) is 0 Å². The fraction of sp³-hybridized carbons (Fsp3) is 0.458. The van der Waals surface area contributed by atoms with Gasteiger partial charge < -0.3 is 14.4 Å². The van der Waals surface area contributed by atoms with Gasteiger partial charge in [-0.2, -0.15) is 0 Å². The van der Waals surface area contributed by atoms with Crippen molar-refractivity contribution in [2.24, 2.45) is 0 Å². The van der Waals surface area contributed by atoms with Crippen LogP contribution in [0.1, 0.15) is 15.9 Å². The number of morpholine rings is 1. The molecule has 5 rings (SSSR count). The first-order valence-corrected chi connectivity index (χ1v) is 11.1. The molecule has 0 radical (unpaired) electrons. The first-order chi connectivity index (χ1) is 15.8. The molecule has 1 atom stereocenters. The van der Waals surface area contributed by atoms with Gasteiger partial charge in [0.05, 0.1) is 24.8 Å². The second kappa shape index (κ2) is 8.62. The number of hydrogen-bond donors (Lipinski definition) is 0. The average molecular weight is 461 g/mol. The van der Waals surface area contributed by atoms with E-state index in [0.717, 1.165) is 25.2 Å². The summed E-state index contributed by atoms with van der Waals surface area (Å²) < 4.78 is 46.8. The highest BCUT2D eigenvalue weighted by molar-refractivity contribution is 5.94. The molecule has 6 nitrogen and oxygen atoms in total. The number of fused-ring (bicyclic) bond motifs is 2. The summed E-state index contributed by atoms with van der Waals surface area (Å²) in [5.41, 5.74) is 1.48. The maximum absolute atomic E-state index is 13.2. The molecule has 0 bridgehead atoms. The van der Waals surface area contributed by atoms with Crippen LogP contribution in [0.5, 0.6) is 5.75 Å². The van der Waals surface area contributed by atoms with Crippen LogP contribution in [-0.2, 0) is 11.3 Å². The van der Waals surface area contributed by atoms with Gasteiger partial charge in [-0.3, -0.25) is 14.6 Å². The van der Waals surface area contributed by atoms with Crippen molar-refractivity contribution in [2.75, 3.05) is 45.9 Å². The second-order valence-corrected chi connectivity index (χ2v) is 9.04. The maximum atomic E-state index is 13.2. The summed E-state index contributed by atoms with van der Waals surface area (Å²) in [6.07, 6.45) is -4.69. The van der Waals surface area contributed by atoms with Gasteiger partial charge in [0.15, 0.2) is 0 Å². The minimum Gasteiger partial charge on any atom is -0.406 e. The van der Waals surface area contributed by atoms with Crippen LogP contribution in [-0.4, -0.2) is 84.5 Å². The quantitative estimate of drug-likeness (QED) is 0.701. The Bertz CT molecular complexity index is 978. The number of carbonyl (C=O) groups is 1. The molecule has 2 aromatic carbocycles. The predicted molar refractivity (Wildman–Crippen MR) is 115 cm³/mol. The summed E-state index contributed by atoms with van der Waals surface area (Å²) in [5.74, 6) is -0.177. The molecule has 1 unspecified atom stereocenters. The number of amides is 1. The predicted octanol–water partition coefficient (Wildman–Crippen LogP) is 3.00. The van der Waals surface area contributed by atoms with Crippen LogP contribution in [0, 0.1) is 0 Å². The minimum absolute atomic E-state index is 0.0406. The fourth-order valence-electron chi connectivity index (χ4n) is 5.35. The van der Waals surface area contributed by atoms with E-state index in [4.69, 9.17) is 4.74 Å². The molecule has 0 saturated carbocycles. The topological polar surface area (TPSA) is 45.2 Å². The molecule has 3 fully saturated rings. The van der Waals surface area contributed by atoms with Crippen molar-refractivity contribution in [2.45, 2.75) is 24.5 Å². The smallest absolute Gasteiger partial charge is 0.406 e. The fourth-order valence-corrected chi connectivity index (χ4v) is 5.35. The van der Waals surface area contributed by atoms with Crippen molar-refractivity contribution >= 4 is 5.91 Å². The lowest BCUT2D eigenvalue weighted by molar-refractivity contribution is -0.274. The third kappa shape index (κ3) is 4.71. The largest absolute Gasteiger partial charge is 0.573 e. The minimum atomic E-state index is -4.69. The van der Waals surface area contributed by atoms with E-state index in [1.807, 2.05) is 35.2 Å². The van der Waals surface area contributed by atoms with Gasteiger partial charge in [0.2, 0.25) is 0 Å². The van der Waals surface area contributed by atoms with Crippen molar-refractivity contribution < 1.29 is 27.4 Å². The van der Waals surface area contributed by atoms with E-state index in [1.54, 1.807) is 12.1 Å². The van der Waals surface area contributed by atoms with Crippen LogP contribution in [0.2, 0.25) is 0 Å². The van der Waals surface area contributed by atoms with E-state index in [9.17, 15) is 18.0 Å². The third-order valence-corrected chi connectivity index (χ3v) is 6.66. The number of ether oxygens (including phenoxy) is 2. The number of benzene rings is 2. The molecule has 3 aliphatic heterocycles. The van der Waals surface area contributed by atoms with Crippen LogP contribution in [0.15, 0.2) is 54.6 Å². The van der Waals surface area contributed by atoms with E-state index < -0.39 is 6.36 Å². The molecule has 3 saturated heterocycles. The molecular weight excluding hydrogens is 435 g/mol. The molecule has 0 N–H and O–H groups in total. The highest BCUT2D eigenvalue weighted by atomic mass is 19.4. The Morgan fingerprint density at radius 1 is 1.06 bits per heavy atom. The lowest BCUT2D eigenvalue weighted by atomic mass is 9.82. The average Bonchev–Trinajstić information content (AvgIpc) is 2.78. The molecule has 176 valence electrons. The number of hydrogen-bond acceptors (Lipinski definition) is 5.